The van der Waals surface area contributed by atoms with Crippen molar-refractivity contribution in [2.45, 2.75) is 203 Å². The van der Waals surface area contributed by atoms with E-state index in [1.165, 1.54) is 30.7 Å². The predicted molar refractivity (Wildman–Crippen MR) is 267 cm³/mol. The summed E-state index contributed by atoms with van der Waals surface area (Å²) in [5.41, 5.74) is 5.71. The Labute approximate surface area is 428 Å². The molecule has 2 rings (SSSR count). The number of phenols is 1. The number of nitrogens with one attached hydrogen (secondary N) is 7. The molecule has 0 spiro atoms. The number of benzene rings is 1. The van der Waals surface area contributed by atoms with Gasteiger partial charge in [0.05, 0.1) is 26.3 Å². The molecule has 1 aromatic carbocycles. The van der Waals surface area contributed by atoms with Gasteiger partial charge in [0.25, 0.3) is 0 Å². The van der Waals surface area contributed by atoms with Gasteiger partial charge in [-0.05, 0) is 30.5 Å². The molecule has 0 aliphatic carbocycles. The number of aromatic hydroxyl groups is 1. The summed E-state index contributed by atoms with van der Waals surface area (Å²) >= 11 is 0. The van der Waals surface area contributed by atoms with Crippen LogP contribution in [0, 0.1) is 0 Å². The highest BCUT2D eigenvalue weighted by molar-refractivity contribution is 5.96. The lowest BCUT2D eigenvalue weighted by molar-refractivity contribution is -0.236. The van der Waals surface area contributed by atoms with Crippen LogP contribution in [0.25, 0.3) is 0 Å². The first-order chi connectivity index (χ1) is 34.9. The van der Waals surface area contributed by atoms with Gasteiger partial charge in [0.1, 0.15) is 54.3 Å². The fourth-order valence-corrected chi connectivity index (χ4v) is 8.10. The van der Waals surface area contributed by atoms with Gasteiger partial charge in [-0.1, -0.05) is 129 Å². The van der Waals surface area contributed by atoms with E-state index in [1.54, 1.807) is 0 Å². The van der Waals surface area contributed by atoms with Gasteiger partial charge >= 0.3 is 0 Å². The topological polar surface area (TPSA) is 377 Å². The molecular formula is C50H84N8O15. The normalized spacial score (nSPS) is 19.0. The number of primary amides is 1. The van der Waals surface area contributed by atoms with E-state index in [-0.39, 0.29) is 25.0 Å². The molecule has 1 fully saturated rings. The lowest BCUT2D eigenvalue weighted by Crippen LogP contribution is -2.63. The molecule has 0 bridgehead atoms. The van der Waals surface area contributed by atoms with Gasteiger partial charge in [-0.25, -0.2) is 0 Å². The van der Waals surface area contributed by atoms with Gasteiger partial charge < -0.3 is 78.3 Å². The molecule has 1 aliphatic heterocycles. The summed E-state index contributed by atoms with van der Waals surface area (Å²) in [6.07, 6.45) is 7.01. The van der Waals surface area contributed by atoms with Gasteiger partial charge in [0.15, 0.2) is 6.23 Å². The van der Waals surface area contributed by atoms with Gasteiger partial charge in [-0.3, -0.25) is 38.4 Å². The van der Waals surface area contributed by atoms with E-state index in [1.807, 2.05) is 0 Å². The van der Waals surface area contributed by atoms with Crippen molar-refractivity contribution in [3.8, 4) is 5.75 Å². The molecule has 1 aliphatic rings. The lowest BCUT2D eigenvalue weighted by atomic mass is 9.98. The summed E-state index contributed by atoms with van der Waals surface area (Å²) in [5, 5.41) is 77.0. The van der Waals surface area contributed by atoms with Crippen LogP contribution in [0.2, 0.25) is 0 Å². The number of phenolic OH excluding ortho intramolecular Hbond substituents is 1. The van der Waals surface area contributed by atoms with Crippen molar-refractivity contribution in [1.29, 1.82) is 0 Å². The Kier molecular flexibility index (Phi) is 31.8. The van der Waals surface area contributed by atoms with E-state index in [0.29, 0.717) is 18.4 Å². The second kappa shape index (κ2) is 36.5. The molecule has 0 aromatic heterocycles. The largest absolute Gasteiger partial charge is 0.508 e. The molecule has 4 unspecified atom stereocenters. The lowest BCUT2D eigenvalue weighted by Gasteiger charge is -2.40. The summed E-state index contributed by atoms with van der Waals surface area (Å²) in [7, 11) is 0. The number of hydrogen-bond acceptors (Lipinski definition) is 15. The molecule has 73 heavy (non-hydrogen) atoms. The van der Waals surface area contributed by atoms with Gasteiger partial charge in [0, 0.05) is 19.3 Å². The molecular weight excluding hydrogens is 953 g/mol. The minimum Gasteiger partial charge on any atom is -0.508 e. The molecule has 15 N–H and O–H groups in total. The third kappa shape index (κ3) is 25.9. The first-order valence-electron chi connectivity index (χ1n) is 26.0. The average molecular weight is 1040 g/mol. The second-order valence-corrected chi connectivity index (χ2v) is 18.7. The molecule has 1 saturated heterocycles. The Morgan fingerprint density at radius 1 is 0.548 bits per heavy atom. The third-order valence-corrected chi connectivity index (χ3v) is 12.5. The summed E-state index contributed by atoms with van der Waals surface area (Å²) in [6, 6.07) is 0.435. The Hall–Kier alpha value is -5.46. The zero-order valence-electron chi connectivity index (χ0n) is 42.6. The van der Waals surface area contributed by atoms with E-state index in [4.69, 9.17) is 10.5 Å². The Morgan fingerprint density at radius 2 is 1.01 bits per heavy atom. The first-order valence-corrected chi connectivity index (χ1v) is 26.0. The van der Waals surface area contributed by atoms with Crippen LogP contribution in [0.4, 0.5) is 0 Å². The van der Waals surface area contributed by atoms with Gasteiger partial charge in [-0.15, -0.1) is 0 Å². The van der Waals surface area contributed by atoms with E-state index < -0.39 is 141 Å². The quantitative estimate of drug-likeness (QED) is 0.0366. The molecule has 23 heteroatoms. The van der Waals surface area contributed by atoms with Crippen LogP contribution in [0.3, 0.4) is 0 Å². The van der Waals surface area contributed by atoms with Crippen LogP contribution in [0.15, 0.2) is 24.3 Å². The Bertz CT molecular complexity index is 1840. The number of aliphatic hydroxyl groups is 5. The number of carbonyl (C=O) groups is 8. The highest BCUT2D eigenvalue weighted by atomic mass is 16.6. The van der Waals surface area contributed by atoms with Crippen molar-refractivity contribution in [1.82, 2.24) is 37.2 Å². The summed E-state index contributed by atoms with van der Waals surface area (Å²) in [5.74, 6) is -6.46. The maximum Gasteiger partial charge on any atom is 0.245 e. The van der Waals surface area contributed by atoms with Crippen LogP contribution in [0.5, 0.6) is 5.75 Å². The van der Waals surface area contributed by atoms with E-state index in [9.17, 15) is 69.0 Å². The molecule has 414 valence electrons. The maximum absolute atomic E-state index is 13.9. The van der Waals surface area contributed by atoms with Crippen molar-refractivity contribution < 1.29 is 73.7 Å². The van der Waals surface area contributed by atoms with Crippen molar-refractivity contribution in [2.24, 2.45) is 5.73 Å². The summed E-state index contributed by atoms with van der Waals surface area (Å²) in [4.78, 5) is 105. The first kappa shape index (κ1) is 63.7. The molecule has 0 radical (unpaired) electrons. The minimum atomic E-state index is -1.77. The number of nitrogens with two attached hydrogens (primary N) is 1. The van der Waals surface area contributed by atoms with Crippen LogP contribution in [0.1, 0.15) is 148 Å². The molecule has 23 nitrogen and oxygen atoms in total. The predicted octanol–water partition coefficient (Wildman–Crippen LogP) is -0.658. The number of hydrogen-bond donors (Lipinski definition) is 14. The second-order valence-electron chi connectivity index (χ2n) is 18.7. The molecule has 8 amide bonds. The SMILES string of the molecule is CCCCCCCCCCC(NC(=O)CNC(=O)C(CO)NC(=O)C(Cc1ccc(O)cc1)NC(=O)CCC(=O)N[C@@H]1O[C@H](CO)[C@@H](O)[C@H](O)[C@H]1O)C(=O)NC(CCCCCCCCCC)C(=O)NCC(N)=O. The minimum absolute atomic E-state index is 0.0804. The average Bonchev–Trinajstić information content (AvgIpc) is 3.36. The zero-order chi connectivity index (χ0) is 54.1. The highest BCUT2D eigenvalue weighted by Gasteiger charge is 2.44. The number of aliphatic hydroxyl groups excluding tert-OH is 5. The van der Waals surface area contributed by atoms with Crippen molar-refractivity contribution in [2.75, 3.05) is 26.3 Å². The zero-order valence-corrected chi connectivity index (χ0v) is 42.6. The van der Waals surface area contributed by atoms with Crippen LogP contribution in [-0.4, -0.2) is 159 Å². The molecule has 1 heterocycles. The molecule has 1 aromatic rings. The summed E-state index contributed by atoms with van der Waals surface area (Å²) in [6.45, 7) is 1.49. The van der Waals surface area contributed by atoms with Crippen LogP contribution >= 0.6 is 0 Å². The number of rotatable bonds is 38. The van der Waals surface area contributed by atoms with Gasteiger partial charge in [0.2, 0.25) is 47.3 Å². The highest BCUT2D eigenvalue weighted by Crippen LogP contribution is 2.20. The van der Waals surface area contributed by atoms with E-state index in [0.717, 1.165) is 83.5 Å². The van der Waals surface area contributed by atoms with Crippen molar-refractivity contribution in [3.63, 3.8) is 0 Å². The van der Waals surface area contributed by atoms with E-state index in [2.05, 4.69) is 51.1 Å². The molecule has 0 saturated carbocycles. The number of amides is 8. The Morgan fingerprint density at radius 3 is 1.55 bits per heavy atom. The van der Waals surface area contributed by atoms with Crippen molar-refractivity contribution >= 4 is 47.3 Å². The fraction of sp³-hybridized carbons (Fsp3) is 0.720. The van der Waals surface area contributed by atoms with E-state index >= 15 is 0 Å². The smallest absolute Gasteiger partial charge is 0.245 e. The maximum atomic E-state index is 13.9. The molecule has 9 atom stereocenters. The van der Waals surface area contributed by atoms with Crippen molar-refractivity contribution in [3.05, 3.63) is 29.8 Å². The Balaban J connectivity index is 2.12. The van der Waals surface area contributed by atoms with Crippen LogP contribution in [-0.2, 0) is 49.5 Å². The summed E-state index contributed by atoms with van der Waals surface area (Å²) < 4.78 is 5.27. The standard InChI is InChI=1S/C50H84N8O15/c1-3-5-7-9-11-13-15-17-19-34(46(69)52-28-39(51)62)56-48(71)35(20-18-16-14-12-10-8-6-4-2)54-42(65)29-53-47(70)37(30-59)57-49(72)36(27-32-21-23-33(61)24-22-32)55-40(63)25-26-41(64)58-50-45(68)44(67)43(66)38(31-60)73-50/h21-24,34-38,43-45,50,59-61,66-68H,3-20,25-31H2,1-2H3,(H2,51,62)(H,52,69)(H,53,70)(H,54,65)(H,55,63)(H,56,71)(H,57,72)(H,58,64)/t34?,35?,36?,37?,38-,43-,44+,45-,50-/m1/s1. The number of unbranched alkanes of at least 4 members (excludes halogenated alkanes) is 14. The van der Waals surface area contributed by atoms with Gasteiger partial charge in [-0.2, -0.15) is 0 Å². The van der Waals surface area contributed by atoms with Crippen LogP contribution < -0.4 is 43.0 Å². The number of ether oxygens (including phenoxy) is 1. The third-order valence-electron chi connectivity index (χ3n) is 12.5. The monoisotopic (exact) mass is 1040 g/mol. The fourth-order valence-electron chi connectivity index (χ4n) is 8.10. The number of carbonyl (C=O) groups excluding carboxylic acids is 8.